The quantitative estimate of drug-likeness (QED) is 0.725. The lowest BCUT2D eigenvalue weighted by Gasteiger charge is -2.25. The average molecular weight is 401 g/mol. The van der Waals surface area contributed by atoms with Gasteiger partial charge in [-0.05, 0) is 18.2 Å². The molecule has 0 spiro atoms. The average Bonchev–Trinajstić information content (AvgIpc) is 3.26. The first-order valence-electron chi connectivity index (χ1n) is 8.96. The Bertz CT molecular complexity index is 1060. The number of hydrogen-bond acceptors (Lipinski definition) is 5. The zero-order chi connectivity index (χ0) is 19.9. The van der Waals surface area contributed by atoms with Crippen LogP contribution in [0.4, 0.5) is 5.82 Å². The normalized spacial score (nSPS) is 19.3. The van der Waals surface area contributed by atoms with Crippen LogP contribution < -0.4 is 5.32 Å². The van der Waals surface area contributed by atoms with E-state index in [1.54, 1.807) is 13.3 Å². The number of nitrogens with zero attached hydrogens (tertiary/aromatic N) is 3. The Morgan fingerprint density at radius 2 is 2.21 bits per heavy atom. The van der Waals surface area contributed by atoms with Crippen LogP contribution in [0, 0.1) is 0 Å². The van der Waals surface area contributed by atoms with Crippen molar-refractivity contribution in [1.82, 2.24) is 14.5 Å². The number of carbonyl (C=O) groups excluding carboxylic acids is 1. The van der Waals surface area contributed by atoms with E-state index in [4.69, 9.17) is 26.1 Å². The fourth-order valence-electron chi connectivity index (χ4n) is 3.61. The zero-order valence-corrected chi connectivity index (χ0v) is 16.7. The number of pyridine rings is 2. The first-order valence-corrected chi connectivity index (χ1v) is 9.34. The molecule has 0 aliphatic carbocycles. The van der Waals surface area contributed by atoms with Gasteiger partial charge in [0, 0.05) is 56.3 Å². The summed E-state index contributed by atoms with van der Waals surface area (Å²) in [7, 11) is 3.61. The van der Waals surface area contributed by atoms with Crippen molar-refractivity contribution >= 4 is 34.2 Å². The van der Waals surface area contributed by atoms with Crippen LogP contribution in [0.25, 0.3) is 22.2 Å². The van der Waals surface area contributed by atoms with Crippen molar-refractivity contribution in [2.45, 2.75) is 18.9 Å². The molecule has 0 saturated carbocycles. The SMILES string of the molecule is CO[C@@]1(c2cc(Cl)cc(-c3cn(C)c4cnc(NC(C)=O)cc34)n2)CCOC1. The van der Waals surface area contributed by atoms with Crippen LogP contribution >= 0.6 is 11.6 Å². The summed E-state index contributed by atoms with van der Waals surface area (Å²) < 4.78 is 13.3. The van der Waals surface area contributed by atoms with Crippen LogP contribution in [0.5, 0.6) is 0 Å². The van der Waals surface area contributed by atoms with Gasteiger partial charge in [-0.3, -0.25) is 4.79 Å². The maximum atomic E-state index is 11.4. The van der Waals surface area contributed by atoms with Crippen molar-refractivity contribution in [3.05, 3.63) is 41.3 Å². The summed E-state index contributed by atoms with van der Waals surface area (Å²) in [5, 5.41) is 4.23. The highest BCUT2D eigenvalue weighted by molar-refractivity contribution is 6.31. The minimum absolute atomic E-state index is 0.171. The van der Waals surface area contributed by atoms with Crippen LogP contribution in [0.1, 0.15) is 19.0 Å². The summed E-state index contributed by atoms with van der Waals surface area (Å²) >= 11 is 6.44. The Hall–Kier alpha value is -2.48. The lowest BCUT2D eigenvalue weighted by molar-refractivity contribution is -0.114. The van der Waals surface area contributed by atoms with Gasteiger partial charge in [-0.2, -0.15) is 0 Å². The highest BCUT2D eigenvalue weighted by Gasteiger charge is 2.38. The summed E-state index contributed by atoms with van der Waals surface area (Å²) in [5.41, 5.74) is 2.73. The number of aromatic nitrogens is 3. The van der Waals surface area contributed by atoms with Crippen LogP contribution in [-0.4, -0.2) is 40.8 Å². The topological polar surface area (TPSA) is 78.3 Å². The maximum Gasteiger partial charge on any atom is 0.222 e. The van der Waals surface area contributed by atoms with E-state index in [0.29, 0.717) is 24.1 Å². The van der Waals surface area contributed by atoms with Crippen molar-refractivity contribution in [1.29, 1.82) is 0 Å². The van der Waals surface area contributed by atoms with Gasteiger partial charge in [-0.15, -0.1) is 0 Å². The second-order valence-electron chi connectivity index (χ2n) is 6.98. The Morgan fingerprint density at radius 1 is 1.39 bits per heavy atom. The summed E-state index contributed by atoms with van der Waals surface area (Å²) in [6.45, 7) is 2.52. The third kappa shape index (κ3) is 3.26. The third-order valence-corrected chi connectivity index (χ3v) is 5.31. The van der Waals surface area contributed by atoms with Crippen molar-refractivity contribution in [3.63, 3.8) is 0 Å². The van der Waals surface area contributed by atoms with E-state index >= 15 is 0 Å². The molecule has 1 amide bonds. The predicted octanol–water partition coefficient (Wildman–Crippen LogP) is 3.51. The summed E-state index contributed by atoms with van der Waals surface area (Å²) in [6, 6.07) is 5.51. The first-order chi connectivity index (χ1) is 13.4. The smallest absolute Gasteiger partial charge is 0.222 e. The fraction of sp³-hybridized carbons (Fsp3) is 0.350. The van der Waals surface area contributed by atoms with Gasteiger partial charge in [0.05, 0.1) is 29.7 Å². The van der Waals surface area contributed by atoms with E-state index in [9.17, 15) is 4.79 Å². The lowest BCUT2D eigenvalue weighted by Crippen LogP contribution is -2.30. The Morgan fingerprint density at radius 3 is 2.89 bits per heavy atom. The maximum absolute atomic E-state index is 11.4. The number of rotatable bonds is 4. The van der Waals surface area contributed by atoms with Crippen LogP contribution in [0.15, 0.2) is 30.6 Å². The number of hydrogen-bond donors (Lipinski definition) is 1. The van der Waals surface area contributed by atoms with Gasteiger partial charge in [0.15, 0.2) is 0 Å². The number of nitrogens with one attached hydrogen (secondary N) is 1. The summed E-state index contributed by atoms with van der Waals surface area (Å²) in [5.74, 6) is 0.322. The minimum atomic E-state index is -0.590. The molecular weight excluding hydrogens is 380 g/mol. The van der Waals surface area contributed by atoms with Crippen molar-refractivity contribution in [2.24, 2.45) is 7.05 Å². The molecule has 3 aromatic heterocycles. The fourth-order valence-corrected chi connectivity index (χ4v) is 3.82. The Kier molecular flexibility index (Phi) is 4.82. The van der Waals surface area contributed by atoms with Crippen molar-refractivity contribution < 1.29 is 14.3 Å². The number of amides is 1. The summed E-state index contributed by atoms with van der Waals surface area (Å²) in [6.07, 6.45) is 4.44. The molecule has 146 valence electrons. The molecule has 0 unspecified atom stereocenters. The highest BCUT2D eigenvalue weighted by Crippen LogP contribution is 2.37. The van der Waals surface area contributed by atoms with E-state index in [1.807, 2.05) is 36.0 Å². The molecule has 1 aliphatic rings. The van der Waals surface area contributed by atoms with Gasteiger partial charge >= 0.3 is 0 Å². The van der Waals surface area contributed by atoms with Gasteiger partial charge in [0.25, 0.3) is 0 Å². The molecule has 4 heterocycles. The summed E-state index contributed by atoms with van der Waals surface area (Å²) in [4.78, 5) is 20.6. The molecule has 8 heteroatoms. The van der Waals surface area contributed by atoms with Gasteiger partial charge in [0.1, 0.15) is 11.4 Å². The van der Waals surface area contributed by atoms with Crippen LogP contribution in [0.2, 0.25) is 5.02 Å². The van der Waals surface area contributed by atoms with Gasteiger partial charge in [0.2, 0.25) is 5.91 Å². The molecule has 1 aliphatic heterocycles. The number of anilines is 1. The highest BCUT2D eigenvalue weighted by atomic mass is 35.5. The molecule has 0 radical (unpaired) electrons. The van der Waals surface area contributed by atoms with E-state index < -0.39 is 5.60 Å². The van der Waals surface area contributed by atoms with E-state index in [0.717, 1.165) is 34.3 Å². The molecule has 28 heavy (non-hydrogen) atoms. The van der Waals surface area contributed by atoms with Crippen molar-refractivity contribution in [3.8, 4) is 11.3 Å². The van der Waals surface area contributed by atoms with Gasteiger partial charge in [-0.25, -0.2) is 9.97 Å². The molecule has 7 nitrogen and oxygen atoms in total. The third-order valence-electron chi connectivity index (χ3n) is 5.09. The number of halogens is 1. The largest absolute Gasteiger partial charge is 0.378 e. The molecule has 1 saturated heterocycles. The molecule has 4 rings (SSSR count). The standard InChI is InChI=1S/C20H21ClN4O3/c1-12(26)23-19-8-14-15(10-25(2)17(14)9-22-19)16-6-13(21)7-18(24-16)20(27-3)4-5-28-11-20/h6-10H,4-5,11H2,1-3H3,(H,22,23,26)/t20-/m0/s1. The minimum Gasteiger partial charge on any atom is -0.378 e. The lowest BCUT2D eigenvalue weighted by atomic mass is 9.97. The van der Waals surface area contributed by atoms with Crippen LogP contribution in [-0.2, 0) is 26.9 Å². The van der Waals surface area contributed by atoms with E-state index in [1.165, 1.54) is 6.92 Å². The number of aryl methyl sites for hydroxylation is 1. The Labute approximate surface area is 167 Å². The number of fused-ring (bicyclic) bond motifs is 1. The second kappa shape index (κ2) is 7.16. The van der Waals surface area contributed by atoms with E-state index in [2.05, 4.69) is 10.3 Å². The molecular formula is C20H21ClN4O3. The number of methoxy groups -OCH3 is 1. The van der Waals surface area contributed by atoms with E-state index in [-0.39, 0.29) is 5.91 Å². The van der Waals surface area contributed by atoms with Crippen LogP contribution in [0.3, 0.4) is 0 Å². The van der Waals surface area contributed by atoms with Gasteiger partial charge < -0.3 is 19.4 Å². The van der Waals surface area contributed by atoms with Crippen molar-refractivity contribution in [2.75, 3.05) is 25.6 Å². The molecule has 1 fully saturated rings. The molecule has 0 bridgehead atoms. The number of carbonyl (C=O) groups is 1. The second-order valence-corrected chi connectivity index (χ2v) is 7.41. The molecule has 1 atom stereocenters. The number of ether oxygens (including phenoxy) is 2. The Balaban J connectivity index is 1.87. The molecule has 0 aromatic carbocycles. The molecule has 3 aromatic rings. The first kappa shape index (κ1) is 18.9. The molecule has 1 N–H and O–H groups in total. The zero-order valence-electron chi connectivity index (χ0n) is 16.0. The van der Waals surface area contributed by atoms with Gasteiger partial charge in [-0.1, -0.05) is 11.6 Å². The monoisotopic (exact) mass is 400 g/mol. The predicted molar refractivity (Wildman–Crippen MR) is 107 cm³/mol.